The molecule has 0 fully saturated rings. The zero-order chi connectivity index (χ0) is 17.0. The largest absolute Gasteiger partial charge is 0.322 e. The van der Waals surface area contributed by atoms with E-state index in [4.69, 9.17) is 11.6 Å². The van der Waals surface area contributed by atoms with E-state index in [0.29, 0.717) is 17.4 Å². The summed E-state index contributed by atoms with van der Waals surface area (Å²) in [4.78, 5) is 15.0. The molecule has 124 valence electrons. The molecule has 0 atom stereocenters. The highest BCUT2D eigenvalue weighted by Crippen LogP contribution is 2.27. The maximum Gasteiger partial charge on any atom is 0.238 e. The Labute approximate surface area is 150 Å². The molecule has 2 aromatic rings. The fraction of sp³-hybridized carbons (Fsp3) is 0.267. The van der Waals surface area contributed by atoms with E-state index in [-0.39, 0.29) is 22.6 Å². The van der Waals surface area contributed by atoms with Crippen LogP contribution < -0.4 is 5.32 Å². The summed E-state index contributed by atoms with van der Waals surface area (Å²) in [5, 5.41) is 2.47. The Kier molecular flexibility index (Phi) is 6.52. The van der Waals surface area contributed by atoms with Crippen LogP contribution >= 0.6 is 38.9 Å². The molecule has 1 heterocycles. The molecule has 8 heteroatoms. The Morgan fingerprint density at radius 1 is 1.39 bits per heavy atom. The van der Waals surface area contributed by atoms with Crippen LogP contribution in [0.5, 0.6) is 0 Å². The van der Waals surface area contributed by atoms with Gasteiger partial charge in [0.1, 0.15) is 5.82 Å². The van der Waals surface area contributed by atoms with E-state index in [1.807, 2.05) is 17.9 Å². The highest BCUT2D eigenvalue weighted by molar-refractivity contribution is 9.10. The van der Waals surface area contributed by atoms with Crippen molar-refractivity contribution < 1.29 is 13.6 Å². The molecule has 0 saturated heterocycles. The molecule has 2 rings (SSSR count). The third kappa shape index (κ3) is 5.24. The van der Waals surface area contributed by atoms with Crippen LogP contribution in [0.1, 0.15) is 11.8 Å². The summed E-state index contributed by atoms with van der Waals surface area (Å²) in [7, 11) is 0. The number of amides is 1. The van der Waals surface area contributed by atoms with E-state index in [0.717, 1.165) is 17.0 Å². The van der Waals surface area contributed by atoms with Gasteiger partial charge < -0.3 is 5.32 Å². The monoisotopic (exact) mass is 422 g/mol. The Morgan fingerprint density at radius 3 is 2.70 bits per heavy atom. The van der Waals surface area contributed by atoms with Crippen molar-refractivity contribution in [1.82, 2.24) is 4.90 Å². The molecule has 23 heavy (non-hydrogen) atoms. The van der Waals surface area contributed by atoms with Gasteiger partial charge in [-0.1, -0.05) is 18.5 Å². The molecule has 1 amide bonds. The minimum Gasteiger partial charge on any atom is -0.322 e. The number of anilines is 1. The van der Waals surface area contributed by atoms with Gasteiger partial charge >= 0.3 is 0 Å². The molecule has 0 bridgehead atoms. The lowest BCUT2D eigenvalue weighted by atomic mass is 10.3. The summed E-state index contributed by atoms with van der Waals surface area (Å²) >= 11 is 10.4. The third-order valence-corrected chi connectivity index (χ3v) is 4.94. The Morgan fingerprint density at radius 2 is 2.13 bits per heavy atom. The fourth-order valence-electron chi connectivity index (χ4n) is 1.98. The quantitative estimate of drug-likeness (QED) is 0.716. The summed E-state index contributed by atoms with van der Waals surface area (Å²) in [5.74, 6) is -1.91. The minimum absolute atomic E-state index is 0.0633. The number of nitrogens with one attached hydrogen (secondary N) is 1. The second kappa shape index (κ2) is 8.19. The van der Waals surface area contributed by atoms with Crippen LogP contribution in [0.25, 0.3) is 0 Å². The Balaban J connectivity index is 2.00. The molecule has 0 aliphatic carbocycles. The lowest BCUT2D eigenvalue weighted by molar-refractivity contribution is -0.117. The van der Waals surface area contributed by atoms with Gasteiger partial charge in [0, 0.05) is 22.0 Å². The zero-order valence-corrected chi connectivity index (χ0v) is 15.4. The molecule has 1 N–H and O–H groups in total. The molecular weight excluding hydrogens is 410 g/mol. The average Bonchev–Trinajstić information content (AvgIpc) is 2.87. The summed E-state index contributed by atoms with van der Waals surface area (Å²) < 4.78 is 27.6. The molecule has 3 nitrogen and oxygen atoms in total. The van der Waals surface area contributed by atoms with Crippen molar-refractivity contribution in [3.8, 4) is 0 Å². The van der Waals surface area contributed by atoms with Gasteiger partial charge in [-0.2, -0.15) is 0 Å². The van der Waals surface area contributed by atoms with Crippen LogP contribution in [0.4, 0.5) is 14.5 Å². The normalized spacial score (nSPS) is 11.0. The summed E-state index contributed by atoms with van der Waals surface area (Å²) in [6.07, 6.45) is 0. The van der Waals surface area contributed by atoms with Crippen molar-refractivity contribution in [3.05, 3.63) is 49.6 Å². The standard InChI is InChI=1S/C15H14BrClF2N2OS/c1-2-21(7-10-3-4-13(17)23-10)8-14(22)20-15-11(16)5-9(18)6-12(15)19/h3-6H,2,7-8H2,1H3,(H,20,22). The zero-order valence-electron chi connectivity index (χ0n) is 12.2. The molecule has 0 radical (unpaired) electrons. The van der Waals surface area contributed by atoms with E-state index >= 15 is 0 Å². The van der Waals surface area contributed by atoms with Crippen molar-refractivity contribution >= 4 is 50.5 Å². The van der Waals surface area contributed by atoms with Gasteiger partial charge in [0.05, 0.1) is 16.6 Å². The number of hydrogen-bond donors (Lipinski definition) is 1. The number of benzene rings is 1. The summed E-state index contributed by atoms with van der Waals surface area (Å²) in [5.41, 5.74) is -0.0633. The fourth-order valence-corrected chi connectivity index (χ4v) is 3.62. The van der Waals surface area contributed by atoms with Crippen LogP contribution in [0, 0.1) is 11.6 Å². The van der Waals surface area contributed by atoms with Crippen molar-refractivity contribution in [1.29, 1.82) is 0 Å². The highest BCUT2D eigenvalue weighted by atomic mass is 79.9. The third-order valence-electron chi connectivity index (χ3n) is 3.09. The van der Waals surface area contributed by atoms with Gasteiger partial charge in [-0.25, -0.2) is 8.78 Å². The predicted molar refractivity (Wildman–Crippen MR) is 93.0 cm³/mol. The molecule has 0 saturated carbocycles. The first-order valence-electron chi connectivity index (χ1n) is 6.80. The van der Waals surface area contributed by atoms with Crippen molar-refractivity contribution in [3.63, 3.8) is 0 Å². The van der Waals surface area contributed by atoms with Gasteiger partial charge in [-0.15, -0.1) is 11.3 Å². The highest BCUT2D eigenvalue weighted by Gasteiger charge is 2.15. The number of halogens is 4. The number of rotatable bonds is 6. The van der Waals surface area contributed by atoms with Gasteiger partial charge in [-0.3, -0.25) is 9.69 Å². The van der Waals surface area contributed by atoms with Crippen LogP contribution in [0.2, 0.25) is 4.34 Å². The second-order valence-corrected chi connectivity index (χ2v) is 7.46. The predicted octanol–water partition coefficient (Wildman–Crippen LogP) is 4.90. The molecular formula is C15H14BrClF2N2OS. The second-order valence-electron chi connectivity index (χ2n) is 4.80. The minimum atomic E-state index is -0.821. The number of thiophene rings is 1. The van der Waals surface area contributed by atoms with Gasteiger partial charge in [0.2, 0.25) is 5.91 Å². The molecule has 0 unspecified atom stereocenters. The van der Waals surface area contributed by atoms with E-state index < -0.39 is 11.6 Å². The maximum atomic E-state index is 13.7. The Hall–Kier alpha value is -1.02. The first-order chi connectivity index (χ1) is 10.9. The van der Waals surface area contributed by atoms with Crippen molar-refractivity contribution in [2.75, 3.05) is 18.4 Å². The van der Waals surface area contributed by atoms with Crippen LogP contribution in [-0.4, -0.2) is 23.9 Å². The molecule has 1 aromatic heterocycles. The van der Waals surface area contributed by atoms with E-state index in [2.05, 4.69) is 21.2 Å². The maximum absolute atomic E-state index is 13.7. The first-order valence-corrected chi connectivity index (χ1v) is 8.78. The van der Waals surface area contributed by atoms with Crippen LogP contribution in [0.3, 0.4) is 0 Å². The smallest absolute Gasteiger partial charge is 0.238 e. The lowest BCUT2D eigenvalue weighted by Crippen LogP contribution is -2.32. The number of carbonyl (C=O) groups is 1. The Bertz CT molecular complexity index is 688. The van der Waals surface area contributed by atoms with Crippen LogP contribution in [0.15, 0.2) is 28.7 Å². The van der Waals surface area contributed by atoms with Gasteiger partial charge in [0.25, 0.3) is 0 Å². The van der Waals surface area contributed by atoms with Crippen LogP contribution in [-0.2, 0) is 11.3 Å². The van der Waals surface area contributed by atoms with Gasteiger partial charge in [-0.05, 0) is 40.7 Å². The van der Waals surface area contributed by atoms with E-state index in [1.165, 1.54) is 11.3 Å². The average molecular weight is 424 g/mol. The number of carbonyl (C=O) groups excluding carboxylic acids is 1. The molecule has 1 aromatic carbocycles. The van der Waals surface area contributed by atoms with Crippen molar-refractivity contribution in [2.45, 2.75) is 13.5 Å². The molecule has 0 aliphatic heterocycles. The van der Waals surface area contributed by atoms with E-state index in [1.54, 1.807) is 6.07 Å². The van der Waals surface area contributed by atoms with Crippen molar-refractivity contribution in [2.24, 2.45) is 0 Å². The lowest BCUT2D eigenvalue weighted by Gasteiger charge is -2.19. The number of likely N-dealkylation sites (N-methyl/N-ethyl adjacent to an activating group) is 1. The van der Waals surface area contributed by atoms with E-state index in [9.17, 15) is 13.6 Å². The summed E-state index contributed by atoms with van der Waals surface area (Å²) in [6.45, 7) is 3.25. The molecule has 0 spiro atoms. The number of nitrogens with zero attached hydrogens (tertiary/aromatic N) is 1. The molecule has 0 aliphatic rings. The first kappa shape index (κ1) is 18.3. The SMILES string of the molecule is CCN(CC(=O)Nc1c(F)cc(F)cc1Br)Cc1ccc(Cl)s1. The summed E-state index contributed by atoms with van der Waals surface area (Å²) in [6, 6.07) is 5.54. The topological polar surface area (TPSA) is 32.3 Å². The number of hydrogen-bond acceptors (Lipinski definition) is 3. The van der Waals surface area contributed by atoms with Gasteiger partial charge in [0.15, 0.2) is 5.82 Å².